The summed E-state index contributed by atoms with van der Waals surface area (Å²) in [5.41, 5.74) is 6.19. The van der Waals surface area contributed by atoms with Crippen LogP contribution in [-0.2, 0) is 11.3 Å². The van der Waals surface area contributed by atoms with E-state index in [2.05, 4.69) is 6.58 Å². The molecule has 0 aliphatic heterocycles. The SMILES string of the molecule is C=CCOc1ccc(Cl)cc1CN(C)C(C)CC(N)=O. The van der Waals surface area contributed by atoms with Crippen molar-refractivity contribution in [3.05, 3.63) is 41.4 Å². The number of rotatable bonds is 8. The van der Waals surface area contributed by atoms with Crippen molar-refractivity contribution in [3.8, 4) is 5.75 Å². The zero-order valence-electron chi connectivity index (χ0n) is 11.9. The van der Waals surface area contributed by atoms with Crippen LogP contribution in [0.5, 0.6) is 5.75 Å². The molecule has 1 unspecified atom stereocenters. The minimum atomic E-state index is -0.307. The molecule has 110 valence electrons. The third kappa shape index (κ3) is 5.23. The van der Waals surface area contributed by atoms with Crippen LogP contribution in [0.1, 0.15) is 18.9 Å². The van der Waals surface area contributed by atoms with Gasteiger partial charge in [-0.15, -0.1) is 0 Å². The Bertz CT molecular complexity index is 477. The average molecular weight is 297 g/mol. The smallest absolute Gasteiger partial charge is 0.218 e. The van der Waals surface area contributed by atoms with Crippen LogP contribution < -0.4 is 10.5 Å². The van der Waals surface area contributed by atoms with Crippen LogP contribution in [0, 0.1) is 0 Å². The number of nitrogens with zero attached hydrogens (tertiary/aromatic N) is 1. The molecule has 1 atom stereocenters. The van der Waals surface area contributed by atoms with Gasteiger partial charge < -0.3 is 10.5 Å². The molecule has 0 saturated carbocycles. The van der Waals surface area contributed by atoms with Gasteiger partial charge >= 0.3 is 0 Å². The zero-order chi connectivity index (χ0) is 15.1. The highest BCUT2D eigenvalue weighted by Gasteiger charge is 2.14. The lowest BCUT2D eigenvalue weighted by atomic mass is 10.1. The van der Waals surface area contributed by atoms with Crippen molar-refractivity contribution in [2.75, 3.05) is 13.7 Å². The fraction of sp³-hybridized carbons (Fsp3) is 0.400. The summed E-state index contributed by atoms with van der Waals surface area (Å²) in [5.74, 6) is 0.464. The highest BCUT2D eigenvalue weighted by Crippen LogP contribution is 2.25. The van der Waals surface area contributed by atoms with Crippen LogP contribution in [0.15, 0.2) is 30.9 Å². The van der Waals surface area contributed by atoms with Gasteiger partial charge in [0.25, 0.3) is 0 Å². The van der Waals surface area contributed by atoms with Crippen molar-refractivity contribution in [1.29, 1.82) is 0 Å². The molecule has 1 aromatic carbocycles. The third-order valence-corrected chi connectivity index (χ3v) is 3.28. The first-order chi connectivity index (χ1) is 9.43. The fourth-order valence-electron chi connectivity index (χ4n) is 1.83. The Kier molecular flexibility index (Phi) is 6.55. The number of ether oxygens (including phenoxy) is 1. The Morgan fingerprint density at radius 2 is 2.30 bits per heavy atom. The van der Waals surface area contributed by atoms with Gasteiger partial charge in [-0.1, -0.05) is 24.3 Å². The lowest BCUT2D eigenvalue weighted by Crippen LogP contribution is -2.32. The average Bonchev–Trinajstić information content (AvgIpc) is 2.37. The van der Waals surface area contributed by atoms with Gasteiger partial charge in [-0.05, 0) is 32.2 Å². The van der Waals surface area contributed by atoms with Crippen LogP contribution in [0.4, 0.5) is 0 Å². The highest BCUT2D eigenvalue weighted by atomic mass is 35.5. The van der Waals surface area contributed by atoms with Crippen molar-refractivity contribution in [2.24, 2.45) is 5.73 Å². The zero-order valence-corrected chi connectivity index (χ0v) is 12.7. The van der Waals surface area contributed by atoms with E-state index in [0.717, 1.165) is 11.3 Å². The van der Waals surface area contributed by atoms with Crippen molar-refractivity contribution < 1.29 is 9.53 Å². The second kappa shape index (κ2) is 7.92. The maximum absolute atomic E-state index is 11.0. The number of nitrogens with two attached hydrogens (primary N) is 1. The number of hydrogen-bond acceptors (Lipinski definition) is 3. The number of hydrogen-bond donors (Lipinski definition) is 1. The van der Waals surface area contributed by atoms with Gasteiger partial charge in [-0.25, -0.2) is 0 Å². The minimum absolute atomic E-state index is 0.0544. The molecule has 0 bridgehead atoms. The number of benzene rings is 1. The highest BCUT2D eigenvalue weighted by molar-refractivity contribution is 6.30. The Hall–Kier alpha value is -1.52. The summed E-state index contributed by atoms with van der Waals surface area (Å²) in [4.78, 5) is 13.0. The molecule has 1 amide bonds. The summed E-state index contributed by atoms with van der Waals surface area (Å²) in [6.45, 7) is 6.66. The Labute approximate surface area is 125 Å². The number of primary amides is 1. The molecule has 0 aliphatic rings. The number of carbonyl (C=O) groups is 1. The van der Waals surface area contributed by atoms with Gasteiger partial charge in [0.15, 0.2) is 0 Å². The van der Waals surface area contributed by atoms with Crippen molar-refractivity contribution in [3.63, 3.8) is 0 Å². The predicted molar refractivity (Wildman–Crippen MR) is 81.9 cm³/mol. The topological polar surface area (TPSA) is 55.6 Å². The van der Waals surface area contributed by atoms with E-state index in [4.69, 9.17) is 22.1 Å². The fourth-order valence-corrected chi connectivity index (χ4v) is 2.03. The molecule has 1 rings (SSSR count). The predicted octanol–water partition coefficient (Wildman–Crippen LogP) is 2.60. The summed E-state index contributed by atoms with van der Waals surface area (Å²) in [7, 11) is 1.94. The van der Waals surface area contributed by atoms with Crippen molar-refractivity contribution >= 4 is 17.5 Å². The van der Waals surface area contributed by atoms with Crippen LogP contribution in [0.25, 0.3) is 0 Å². The van der Waals surface area contributed by atoms with Crippen LogP contribution >= 0.6 is 11.6 Å². The second-order valence-corrected chi connectivity index (χ2v) is 5.22. The van der Waals surface area contributed by atoms with Gasteiger partial charge in [0.1, 0.15) is 12.4 Å². The minimum Gasteiger partial charge on any atom is -0.489 e. The second-order valence-electron chi connectivity index (χ2n) is 4.79. The Morgan fingerprint density at radius 1 is 1.60 bits per heavy atom. The standard InChI is InChI=1S/C15H21ClN2O2/c1-4-7-20-14-6-5-13(16)9-12(14)10-18(3)11(2)8-15(17)19/h4-6,9,11H,1,7-8,10H2,2-3H3,(H2,17,19). The van der Waals surface area contributed by atoms with Gasteiger partial charge in [0.2, 0.25) is 5.91 Å². The number of halogens is 1. The van der Waals surface area contributed by atoms with E-state index < -0.39 is 0 Å². The van der Waals surface area contributed by atoms with E-state index in [0.29, 0.717) is 24.6 Å². The third-order valence-electron chi connectivity index (χ3n) is 3.05. The summed E-state index contributed by atoms with van der Waals surface area (Å²) < 4.78 is 5.61. The monoisotopic (exact) mass is 296 g/mol. The Morgan fingerprint density at radius 3 is 2.90 bits per heavy atom. The number of carbonyl (C=O) groups excluding carboxylic acids is 1. The first-order valence-corrected chi connectivity index (χ1v) is 6.82. The van der Waals surface area contributed by atoms with Gasteiger partial charge in [0, 0.05) is 29.6 Å². The first-order valence-electron chi connectivity index (χ1n) is 6.44. The van der Waals surface area contributed by atoms with E-state index in [1.807, 2.05) is 31.0 Å². The molecule has 0 heterocycles. The lowest BCUT2D eigenvalue weighted by molar-refractivity contribution is -0.119. The summed E-state index contributed by atoms with van der Waals surface area (Å²) in [6, 6.07) is 5.55. The summed E-state index contributed by atoms with van der Waals surface area (Å²) >= 11 is 6.03. The largest absolute Gasteiger partial charge is 0.489 e. The summed E-state index contributed by atoms with van der Waals surface area (Å²) in [5, 5.41) is 0.655. The normalized spacial score (nSPS) is 12.2. The molecule has 5 heteroatoms. The van der Waals surface area contributed by atoms with Crippen molar-refractivity contribution in [1.82, 2.24) is 4.90 Å². The molecule has 0 fully saturated rings. The molecule has 0 radical (unpaired) electrons. The molecule has 0 aromatic heterocycles. The van der Waals surface area contributed by atoms with E-state index in [-0.39, 0.29) is 11.9 Å². The molecular formula is C15H21ClN2O2. The van der Waals surface area contributed by atoms with Gasteiger partial charge in [-0.3, -0.25) is 9.69 Å². The van der Waals surface area contributed by atoms with Crippen LogP contribution in [0.3, 0.4) is 0 Å². The molecular weight excluding hydrogens is 276 g/mol. The van der Waals surface area contributed by atoms with Gasteiger partial charge in [0.05, 0.1) is 0 Å². The molecule has 4 nitrogen and oxygen atoms in total. The maximum atomic E-state index is 11.0. The Balaban J connectivity index is 2.80. The molecule has 2 N–H and O–H groups in total. The summed E-state index contributed by atoms with van der Waals surface area (Å²) in [6.07, 6.45) is 2.01. The van der Waals surface area contributed by atoms with E-state index in [1.54, 1.807) is 12.1 Å². The maximum Gasteiger partial charge on any atom is 0.218 e. The van der Waals surface area contributed by atoms with Crippen molar-refractivity contribution in [2.45, 2.75) is 25.9 Å². The quantitative estimate of drug-likeness (QED) is 0.750. The van der Waals surface area contributed by atoms with E-state index in [9.17, 15) is 4.79 Å². The van der Waals surface area contributed by atoms with Crippen LogP contribution in [-0.4, -0.2) is 30.5 Å². The molecule has 0 saturated heterocycles. The van der Waals surface area contributed by atoms with Gasteiger partial charge in [-0.2, -0.15) is 0 Å². The number of amides is 1. The van der Waals surface area contributed by atoms with E-state index in [1.165, 1.54) is 0 Å². The lowest BCUT2D eigenvalue weighted by Gasteiger charge is -2.24. The first kappa shape index (κ1) is 16.5. The molecule has 0 aliphatic carbocycles. The molecule has 20 heavy (non-hydrogen) atoms. The van der Waals surface area contributed by atoms with E-state index >= 15 is 0 Å². The molecule has 0 spiro atoms. The van der Waals surface area contributed by atoms with Crippen LogP contribution in [0.2, 0.25) is 5.02 Å². The molecule has 1 aromatic rings.